The van der Waals surface area contributed by atoms with Crippen LogP contribution in [0.2, 0.25) is 0 Å². The lowest BCUT2D eigenvalue weighted by Gasteiger charge is -2.28. The zero-order chi connectivity index (χ0) is 16.9. The van der Waals surface area contributed by atoms with Crippen molar-refractivity contribution in [2.24, 2.45) is 5.92 Å². The number of hydrogen-bond acceptors (Lipinski definition) is 3. The summed E-state index contributed by atoms with van der Waals surface area (Å²) in [5, 5.41) is 6.56. The Morgan fingerprint density at radius 2 is 1.80 bits per heavy atom. The van der Waals surface area contributed by atoms with Gasteiger partial charge < -0.3 is 10.6 Å². The van der Waals surface area contributed by atoms with Crippen LogP contribution < -0.4 is 10.6 Å². The molecule has 1 aromatic carbocycles. The lowest BCUT2D eigenvalue weighted by Crippen LogP contribution is -2.42. The summed E-state index contributed by atoms with van der Waals surface area (Å²) in [4.78, 5) is 16.5. The van der Waals surface area contributed by atoms with Gasteiger partial charge in [0, 0.05) is 24.4 Å². The van der Waals surface area contributed by atoms with Gasteiger partial charge >= 0.3 is 0 Å². The molecular weight excluding hydrogens is 334 g/mol. The molecule has 0 spiro atoms. The highest BCUT2D eigenvalue weighted by molar-refractivity contribution is 5.85. The zero-order valence-corrected chi connectivity index (χ0v) is 15.6. The van der Waals surface area contributed by atoms with Gasteiger partial charge in [-0.1, -0.05) is 24.3 Å². The second-order valence-corrected chi connectivity index (χ2v) is 6.66. The molecule has 3 atom stereocenters. The number of amides is 1. The minimum absolute atomic E-state index is 0. The summed E-state index contributed by atoms with van der Waals surface area (Å²) < 4.78 is 0. The fraction of sp³-hybridized carbons (Fsp3) is 0.400. The molecule has 2 aromatic rings. The van der Waals surface area contributed by atoms with E-state index in [9.17, 15) is 4.79 Å². The van der Waals surface area contributed by atoms with E-state index in [-0.39, 0.29) is 30.3 Å². The first-order valence-electron chi connectivity index (χ1n) is 8.67. The molecule has 2 N–H and O–H groups in total. The van der Waals surface area contributed by atoms with Gasteiger partial charge in [-0.25, -0.2) is 0 Å². The molecule has 2 heterocycles. The van der Waals surface area contributed by atoms with Crippen molar-refractivity contribution in [1.29, 1.82) is 0 Å². The fourth-order valence-electron chi connectivity index (χ4n) is 3.29. The van der Waals surface area contributed by atoms with Crippen LogP contribution in [0.25, 0.3) is 11.1 Å². The maximum absolute atomic E-state index is 12.5. The largest absolute Gasteiger partial charge is 0.349 e. The predicted octanol–water partition coefficient (Wildman–Crippen LogP) is 3.74. The normalized spacial score (nSPS) is 21.0. The van der Waals surface area contributed by atoms with Crippen LogP contribution in [0.3, 0.4) is 0 Å². The summed E-state index contributed by atoms with van der Waals surface area (Å²) in [7, 11) is 0. The van der Waals surface area contributed by atoms with Crippen molar-refractivity contribution >= 4 is 18.3 Å². The molecule has 25 heavy (non-hydrogen) atoms. The van der Waals surface area contributed by atoms with Gasteiger partial charge in [0.25, 0.3) is 0 Å². The zero-order valence-electron chi connectivity index (χ0n) is 14.7. The van der Waals surface area contributed by atoms with Gasteiger partial charge in [-0.15, -0.1) is 12.4 Å². The van der Waals surface area contributed by atoms with Crippen molar-refractivity contribution in [1.82, 2.24) is 15.6 Å². The Labute approximate surface area is 155 Å². The van der Waals surface area contributed by atoms with E-state index in [0.29, 0.717) is 6.04 Å². The van der Waals surface area contributed by atoms with Crippen LogP contribution in [-0.4, -0.2) is 23.5 Å². The summed E-state index contributed by atoms with van der Waals surface area (Å²) in [6.07, 6.45) is 5.43. The van der Waals surface area contributed by atoms with Crippen molar-refractivity contribution in [3.05, 3.63) is 54.4 Å². The number of aromatic nitrogens is 1. The second kappa shape index (κ2) is 8.97. The molecule has 0 bridgehead atoms. The Morgan fingerprint density at radius 1 is 1.16 bits per heavy atom. The lowest BCUT2D eigenvalue weighted by atomic mass is 9.92. The van der Waals surface area contributed by atoms with Crippen LogP contribution in [0.5, 0.6) is 0 Å². The van der Waals surface area contributed by atoms with Crippen molar-refractivity contribution < 1.29 is 4.79 Å². The highest BCUT2D eigenvalue weighted by Gasteiger charge is 2.25. The highest BCUT2D eigenvalue weighted by atomic mass is 35.5. The van der Waals surface area contributed by atoms with Gasteiger partial charge in [0.05, 0.1) is 6.04 Å². The number of carbonyl (C=O) groups excluding carboxylic acids is 1. The van der Waals surface area contributed by atoms with E-state index in [1.54, 1.807) is 12.4 Å². The lowest BCUT2D eigenvalue weighted by molar-refractivity contribution is -0.126. The van der Waals surface area contributed by atoms with Gasteiger partial charge in [-0.2, -0.15) is 0 Å². The number of pyridine rings is 1. The van der Waals surface area contributed by atoms with Crippen molar-refractivity contribution in [2.45, 2.75) is 38.8 Å². The number of benzene rings is 1. The molecule has 0 saturated carbocycles. The average molecular weight is 360 g/mol. The van der Waals surface area contributed by atoms with Crippen LogP contribution in [0.1, 0.15) is 38.3 Å². The molecule has 0 aliphatic carbocycles. The Kier molecular flexibility index (Phi) is 6.97. The number of nitrogens with one attached hydrogen (secondary N) is 2. The topological polar surface area (TPSA) is 54.0 Å². The highest BCUT2D eigenvalue weighted by Crippen LogP contribution is 2.22. The second-order valence-electron chi connectivity index (χ2n) is 6.66. The number of nitrogens with zero attached hydrogens (tertiary/aromatic N) is 1. The molecule has 0 radical (unpaired) electrons. The molecule has 1 amide bonds. The molecule has 5 heteroatoms. The number of halogens is 1. The van der Waals surface area contributed by atoms with Crippen molar-refractivity contribution in [3.63, 3.8) is 0 Å². The van der Waals surface area contributed by atoms with Crippen LogP contribution in [-0.2, 0) is 4.79 Å². The van der Waals surface area contributed by atoms with Crippen LogP contribution >= 0.6 is 12.4 Å². The Morgan fingerprint density at radius 3 is 2.44 bits per heavy atom. The number of rotatable bonds is 4. The first-order chi connectivity index (χ1) is 11.6. The minimum Gasteiger partial charge on any atom is -0.349 e. The first-order valence-corrected chi connectivity index (χ1v) is 8.67. The summed E-state index contributed by atoms with van der Waals surface area (Å²) in [5.74, 6) is 0.300. The molecule has 1 aliphatic heterocycles. The number of carbonyl (C=O) groups is 1. The van der Waals surface area contributed by atoms with Gasteiger partial charge in [0.2, 0.25) is 5.91 Å². The fourth-order valence-corrected chi connectivity index (χ4v) is 3.29. The maximum atomic E-state index is 12.5. The first kappa shape index (κ1) is 19.4. The van der Waals surface area contributed by atoms with Crippen LogP contribution in [0, 0.1) is 5.92 Å². The quantitative estimate of drug-likeness (QED) is 0.874. The summed E-state index contributed by atoms with van der Waals surface area (Å²) >= 11 is 0. The molecular formula is C20H26ClN3O. The molecule has 1 fully saturated rings. The van der Waals surface area contributed by atoms with E-state index in [1.807, 2.05) is 19.1 Å². The van der Waals surface area contributed by atoms with Crippen molar-refractivity contribution in [2.75, 3.05) is 6.54 Å². The monoisotopic (exact) mass is 359 g/mol. The minimum atomic E-state index is 0. The Hall–Kier alpha value is -1.91. The van der Waals surface area contributed by atoms with E-state index < -0.39 is 0 Å². The Bertz CT molecular complexity index is 675. The predicted molar refractivity (Wildman–Crippen MR) is 104 cm³/mol. The standard InChI is InChI=1S/C20H25N3O.ClH/c1-14-13-19(9-12-22-14)20(24)23-15(2)16-3-5-17(6-4-16)18-7-10-21-11-8-18;/h3-8,10-11,14-15,19,22H,9,12-13H2,1-2H3,(H,23,24);1H/t14-,15?,19-;/m0./s1. The van der Waals surface area contributed by atoms with E-state index in [4.69, 9.17) is 0 Å². The van der Waals surface area contributed by atoms with Crippen LogP contribution in [0.15, 0.2) is 48.8 Å². The van der Waals surface area contributed by atoms with E-state index in [2.05, 4.69) is 46.8 Å². The summed E-state index contributed by atoms with van der Waals surface area (Å²) in [5.41, 5.74) is 3.44. The number of hydrogen-bond donors (Lipinski definition) is 2. The van der Waals surface area contributed by atoms with E-state index in [0.717, 1.165) is 36.1 Å². The third kappa shape index (κ3) is 5.03. The molecule has 4 nitrogen and oxygen atoms in total. The molecule has 134 valence electrons. The maximum Gasteiger partial charge on any atom is 0.223 e. The van der Waals surface area contributed by atoms with E-state index in [1.165, 1.54) is 0 Å². The Balaban J connectivity index is 0.00000225. The molecule has 3 rings (SSSR count). The SMILES string of the molecule is CC(NC(=O)[C@H]1CCN[C@@H](C)C1)c1ccc(-c2ccncc2)cc1.Cl. The van der Waals surface area contributed by atoms with Gasteiger partial charge in [0.15, 0.2) is 0 Å². The van der Waals surface area contributed by atoms with Crippen molar-refractivity contribution in [3.8, 4) is 11.1 Å². The molecule has 1 aromatic heterocycles. The number of piperidine rings is 1. The summed E-state index contributed by atoms with van der Waals surface area (Å²) in [6.45, 7) is 5.11. The van der Waals surface area contributed by atoms with Gasteiger partial charge in [-0.3, -0.25) is 9.78 Å². The average Bonchev–Trinajstić information content (AvgIpc) is 2.62. The van der Waals surface area contributed by atoms with E-state index >= 15 is 0 Å². The molecule has 1 saturated heterocycles. The molecule has 1 aliphatic rings. The van der Waals surface area contributed by atoms with Gasteiger partial charge in [0.1, 0.15) is 0 Å². The third-order valence-electron chi connectivity index (χ3n) is 4.78. The van der Waals surface area contributed by atoms with Gasteiger partial charge in [-0.05, 0) is 62.1 Å². The molecule has 1 unspecified atom stereocenters. The smallest absolute Gasteiger partial charge is 0.223 e. The third-order valence-corrected chi connectivity index (χ3v) is 4.78. The van der Waals surface area contributed by atoms with Crippen LogP contribution in [0.4, 0.5) is 0 Å². The summed E-state index contributed by atoms with van der Waals surface area (Å²) in [6, 6.07) is 12.8.